The van der Waals surface area contributed by atoms with Crippen molar-refractivity contribution in [3.8, 4) is 45.7 Å². The lowest BCUT2D eigenvalue weighted by atomic mass is 9.98. The Morgan fingerprint density at radius 2 is 1.38 bits per heavy atom. The number of anilines is 1. The van der Waals surface area contributed by atoms with E-state index in [4.69, 9.17) is 19.2 Å². The maximum atomic E-state index is 13.0. The zero-order valence-corrected chi connectivity index (χ0v) is 25.7. The van der Waals surface area contributed by atoms with E-state index < -0.39 is 0 Å². The fourth-order valence-corrected chi connectivity index (χ4v) is 5.55. The first kappa shape index (κ1) is 30.9. The van der Waals surface area contributed by atoms with E-state index in [1.807, 2.05) is 54.6 Å². The molecular weight excluding hydrogens is 586 g/mol. The Kier molecular flexibility index (Phi) is 9.77. The van der Waals surface area contributed by atoms with Gasteiger partial charge in [-0.1, -0.05) is 72.4 Å². The molecule has 0 unspecified atom stereocenters. The number of nitrogens with zero attached hydrogens (tertiary/aromatic N) is 2. The first-order chi connectivity index (χ1) is 21.9. The maximum Gasteiger partial charge on any atom is 0.234 e. The lowest BCUT2D eigenvalue weighted by molar-refractivity contribution is -0.113. The highest BCUT2D eigenvalue weighted by Crippen LogP contribution is 2.43. The van der Waals surface area contributed by atoms with Crippen molar-refractivity contribution in [2.24, 2.45) is 0 Å². The van der Waals surface area contributed by atoms with E-state index in [9.17, 15) is 14.9 Å². The lowest BCUT2D eigenvalue weighted by Gasteiger charge is -2.16. The Morgan fingerprint density at radius 1 is 0.778 bits per heavy atom. The van der Waals surface area contributed by atoms with E-state index in [0.717, 1.165) is 17.3 Å². The number of aromatic nitrogens is 1. The number of benzene rings is 4. The van der Waals surface area contributed by atoms with Gasteiger partial charge < -0.3 is 19.5 Å². The molecule has 0 saturated carbocycles. The van der Waals surface area contributed by atoms with Gasteiger partial charge >= 0.3 is 0 Å². The summed E-state index contributed by atoms with van der Waals surface area (Å²) in [7, 11) is 4.59. The summed E-state index contributed by atoms with van der Waals surface area (Å²) >= 11 is 1.16. The molecule has 224 valence electrons. The number of pyridine rings is 1. The highest BCUT2D eigenvalue weighted by molar-refractivity contribution is 8.00. The summed E-state index contributed by atoms with van der Waals surface area (Å²) in [5.41, 5.74) is 4.74. The number of nitriles is 1. The quantitative estimate of drug-likeness (QED) is 0.122. The number of rotatable bonds is 11. The molecule has 0 radical (unpaired) electrons. The number of methoxy groups -OCH3 is 3. The molecule has 0 atom stereocenters. The van der Waals surface area contributed by atoms with Gasteiger partial charge in [-0.2, -0.15) is 5.26 Å². The van der Waals surface area contributed by atoms with Crippen LogP contribution in [0.15, 0.2) is 108 Å². The summed E-state index contributed by atoms with van der Waals surface area (Å²) in [5.74, 6) is 0.938. The smallest absolute Gasteiger partial charge is 0.234 e. The van der Waals surface area contributed by atoms with Crippen LogP contribution in [0.4, 0.5) is 5.69 Å². The number of carbonyl (C=O) groups is 2. The summed E-state index contributed by atoms with van der Waals surface area (Å²) in [5, 5.41) is 13.6. The van der Waals surface area contributed by atoms with Gasteiger partial charge in [-0.3, -0.25) is 9.59 Å². The van der Waals surface area contributed by atoms with Crippen molar-refractivity contribution < 1.29 is 23.8 Å². The molecule has 0 aliphatic heterocycles. The Balaban J connectivity index is 1.43. The largest absolute Gasteiger partial charge is 0.493 e. The Labute approximate surface area is 265 Å². The fraction of sp³-hybridized carbons (Fsp3) is 0.111. The van der Waals surface area contributed by atoms with Crippen molar-refractivity contribution in [3.63, 3.8) is 0 Å². The van der Waals surface area contributed by atoms with Gasteiger partial charge in [0, 0.05) is 27.9 Å². The molecule has 0 aliphatic carbocycles. The average molecular weight is 616 g/mol. The van der Waals surface area contributed by atoms with Crippen molar-refractivity contribution >= 4 is 29.1 Å². The predicted molar refractivity (Wildman–Crippen MR) is 175 cm³/mol. The van der Waals surface area contributed by atoms with Gasteiger partial charge in [0.15, 0.2) is 17.3 Å². The predicted octanol–water partition coefficient (Wildman–Crippen LogP) is 7.27. The van der Waals surface area contributed by atoms with Crippen LogP contribution in [0.25, 0.3) is 22.4 Å². The van der Waals surface area contributed by atoms with Crippen LogP contribution >= 0.6 is 11.8 Å². The van der Waals surface area contributed by atoms with Crippen LogP contribution in [-0.4, -0.2) is 43.8 Å². The van der Waals surface area contributed by atoms with Gasteiger partial charge in [0.05, 0.1) is 38.3 Å². The first-order valence-corrected chi connectivity index (χ1v) is 14.9. The number of ketones is 1. The molecule has 1 N–H and O–H groups in total. The second-order valence-electron chi connectivity index (χ2n) is 9.74. The third-order valence-corrected chi connectivity index (χ3v) is 7.93. The second kappa shape index (κ2) is 14.3. The SMILES string of the molecule is COc1cc(-c2cc(-c3ccccc3)nc(SCC(=O)Nc3ccc(C(=O)c4ccccc4)cc3)c2C#N)cc(OC)c1OC. The van der Waals surface area contributed by atoms with Gasteiger partial charge in [-0.15, -0.1) is 0 Å². The molecule has 8 nitrogen and oxygen atoms in total. The molecule has 0 saturated heterocycles. The molecule has 1 amide bonds. The average Bonchev–Trinajstić information content (AvgIpc) is 3.10. The number of hydrogen-bond donors (Lipinski definition) is 1. The van der Waals surface area contributed by atoms with Crippen LogP contribution in [0.1, 0.15) is 21.5 Å². The Morgan fingerprint density at radius 3 is 1.96 bits per heavy atom. The van der Waals surface area contributed by atoms with Crippen LogP contribution in [0.3, 0.4) is 0 Å². The molecule has 0 bridgehead atoms. The molecule has 0 fully saturated rings. The van der Waals surface area contributed by atoms with E-state index in [0.29, 0.717) is 61.5 Å². The number of amides is 1. The van der Waals surface area contributed by atoms with Crippen molar-refractivity contribution in [1.29, 1.82) is 5.26 Å². The molecule has 1 aromatic heterocycles. The molecule has 5 aromatic rings. The van der Waals surface area contributed by atoms with Gasteiger partial charge in [0.2, 0.25) is 11.7 Å². The summed E-state index contributed by atoms with van der Waals surface area (Å²) in [6.07, 6.45) is 0. The lowest BCUT2D eigenvalue weighted by Crippen LogP contribution is -2.14. The van der Waals surface area contributed by atoms with Crippen LogP contribution < -0.4 is 19.5 Å². The standard InChI is InChI=1S/C36H29N3O5S/c1-42-31-18-26(19-32(43-2)35(31)44-3)28-20-30(23-10-6-4-7-11-23)39-36(29(28)21-37)45-22-33(40)38-27-16-14-25(15-17-27)34(41)24-12-8-5-9-13-24/h4-20H,22H2,1-3H3,(H,38,40). The Bertz CT molecular complexity index is 1850. The zero-order valence-electron chi connectivity index (χ0n) is 24.9. The minimum absolute atomic E-state index is 0.000679. The topological polar surface area (TPSA) is 111 Å². The van der Waals surface area contributed by atoms with Crippen molar-refractivity contribution in [2.45, 2.75) is 5.03 Å². The molecule has 45 heavy (non-hydrogen) atoms. The van der Waals surface area contributed by atoms with E-state index in [1.54, 1.807) is 48.5 Å². The fourth-order valence-electron chi connectivity index (χ4n) is 4.75. The normalized spacial score (nSPS) is 10.4. The maximum absolute atomic E-state index is 13.0. The number of hydrogen-bond acceptors (Lipinski definition) is 8. The number of thioether (sulfide) groups is 1. The van der Waals surface area contributed by atoms with E-state index in [-0.39, 0.29) is 17.4 Å². The summed E-state index contributed by atoms with van der Waals surface area (Å²) in [6, 6.07) is 33.0. The van der Waals surface area contributed by atoms with Crippen molar-refractivity contribution in [3.05, 3.63) is 120 Å². The van der Waals surface area contributed by atoms with Crippen molar-refractivity contribution in [1.82, 2.24) is 4.98 Å². The molecule has 0 spiro atoms. The van der Waals surface area contributed by atoms with Gasteiger partial charge in [-0.05, 0) is 48.0 Å². The van der Waals surface area contributed by atoms with Gasteiger partial charge in [0.1, 0.15) is 11.1 Å². The second-order valence-corrected chi connectivity index (χ2v) is 10.7. The molecule has 5 rings (SSSR count). The molecule has 0 aliphatic rings. The first-order valence-electron chi connectivity index (χ1n) is 13.9. The third kappa shape index (κ3) is 6.98. The summed E-state index contributed by atoms with van der Waals surface area (Å²) in [6.45, 7) is 0. The van der Waals surface area contributed by atoms with Gasteiger partial charge in [-0.25, -0.2) is 4.98 Å². The van der Waals surface area contributed by atoms with Crippen molar-refractivity contribution in [2.75, 3.05) is 32.4 Å². The van der Waals surface area contributed by atoms with Crippen LogP contribution in [0.5, 0.6) is 17.2 Å². The van der Waals surface area contributed by atoms with Crippen LogP contribution in [-0.2, 0) is 4.79 Å². The molecule has 1 heterocycles. The molecular formula is C36H29N3O5S. The molecule has 9 heteroatoms. The monoisotopic (exact) mass is 615 g/mol. The highest BCUT2D eigenvalue weighted by Gasteiger charge is 2.21. The van der Waals surface area contributed by atoms with E-state index in [1.165, 1.54) is 21.3 Å². The van der Waals surface area contributed by atoms with Crippen LogP contribution in [0.2, 0.25) is 0 Å². The number of carbonyl (C=O) groups excluding carboxylic acids is 2. The van der Waals surface area contributed by atoms with E-state index in [2.05, 4.69) is 11.4 Å². The zero-order chi connectivity index (χ0) is 31.8. The highest BCUT2D eigenvalue weighted by atomic mass is 32.2. The Hall–Kier alpha value is -5.59. The third-order valence-electron chi connectivity index (χ3n) is 6.95. The minimum Gasteiger partial charge on any atom is -0.493 e. The minimum atomic E-state index is -0.285. The number of nitrogens with one attached hydrogen (secondary N) is 1. The van der Waals surface area contributed by atoms with E-state index >= 15 is 0 Å². The van der Waals surface area contributed by atoms with Gasteiger partial charge in [0.25, 0.3) is 0 Å². The van der Waals surface area contributed by atoms with Crippen LogP contribution in [0, 0.1) is 11.3 Å². The number of ether oxygens (including phenoxy) is 3. The summed E-state index contributed by atoms with van der Waals surface area (Å²) in [4.78, 5) is 30.5. The summed E-state index contributed by atoms with van der Waals surface area (Å²) < 4.78 is 16.6. The molecule has 4 aromatic carbocycles.